The molecule has 0 heterocycles. The van der Waals surface area contributed by atoms with Gasteiger partial charge in [0.25, 0.3) is 0 Å². The maximum absolute atomic E-state index is 13.9. The Hall–Kier alpha value is -2.27. The lowest BCUT2D eigenvalue weighted by Crippen LogP contribution is -2.17. The fraction of sp³-hybridized carbons (Fsp3) is 0.217. The van der Waals surface area contributed by atoms with E-state index < -0.39 is 5.82 Å². The zero-order valence-corrected chi connectivity index (χ0v) is 17.6. The zero-order valence-electron chi connectivity index (χ0n) is 16.1. The first-order valence-electron chi connectivity index (χ1n) is 9.25. The molecule has 0 aromatic heterocycles. The molecule has 0 aliphatic rings. The number of halogens is 3. The van der Waals surface area contributed by atoms with E-state index in [0.29, 0.717) is 33.7 Å². The molecular weight excluding hydrogens is 412 g/mol. The van der Waals surface area contributed by atoms with Gasteiger partial charge in [-0.15, -0.1) is 0 Å². The third-order valence-electron chi connectivity index (χ3n) is 4.52. The van der Waals surface area contributed by atoms with Crippen LogP contribution >= 0.6 is 23.2 Å². The number of rotatable bonds is 9. The number of methoxy groups -OCH3 is 1. The molecule has 3 aromatic carbocycles. The van der Waals surface area contributed by atoms with Crippen LogP contribution < -0.4 is 14.8 Å². The van der Waals surface area contributed by atoms with Crippen molar-refractivity contribution in [1.29, 1.82) is 0 Å². The highest BCUT2D eigenvalue weighted by atomic mass is 35.5. The van der Waals surface area contributed by atoms with Gasteiger partial charge in [-0.1, -0.05) is 59.6 Å². The lowest BCUT2D eigenvalue weighted by Gasteiger charge is -2.15. The Balaban J connectivity index is 1.62. The Morgan fingerprint density at radius 1 is 0.931 bits per heavy atom. The van der Waals surface area contributed by atoms with Crippen LogP contribution in [-0.4, -0.2) is 13.7 Å². The molecule has 0 unspecified atom stereocenters. The Morgan fingerprint density at radius 3 is 2.45 bits per heavy atom. The first-order valence-corrected chi connectivity index (χ1v) is 10.0. The van der Waals surface area contributed by atoms with Crippen LogP contribution in [0.25, 0.3) is 0 Å². The highest BCUT2D eigenvalue weighted by Gasteiger charge is 2.13. The molecule has 6 heteroatoms. The van der Waals surface area contributed by atoms with Gasteiger partial charge in [-0.2, -0.15) is 0 Å². The Bertz CT molecular complexity index is 931. The Kier molecular flexibility index (Phi) is 7.76. The molecule has 152 valence electrons. The molecule has 0 fully saturated rings. The van der Waals surface area contributed by atoms with Crippen molar-refractivity contribution in [3.05, 3.63) is 93.2 Å². The molecule has 0 aliphatic heterocycles. The molecular formula is C23H22Cl2FNO2. The minimum Gasteiger partial charge on any atom is -0.493 e. The molecule has 0 saturated carbocycles. The van der Waals surface area contributed by atoms with Gasteiger partial charge >= 0.3 is 0 Å². The van der Waals surface area contributed by atoms with Gasteiger partial charge in [0.05, 0.1) is 12.1 Å². The molecule has 3 rings (SSSR count). The normalized spacial score (nSPS) is 10.8. The summed E-state index contributed by atoms with van der Waals surface area (Å²) in [4.78, 5) is 0. The van der Waals surface area contributed by atoms with Crippen LogP contribution in [-0.2, 0) is 19.6 Å². The summed E-state index contributed by atoms with van der Waals surface area (Å²) in [5, 5.41) is 4.25. The van der Waals surface area contributed by atoms with Crippen LogP contribution in [0.3, 0.4) is 0 Å². The molecule has 0 bridgehead atoms. The smallest absolute Gasteiger partial charge is 0.163 e. The molecule has 3 aromatic rings. The molecule has 0 radical (unpaired) electrons. The van der Waals surface area contributed by atoms with Crippen molar-refractivity contribution in [2.24, 2.45) is 0 Å². The Morgan fingerprint density at radius 2 is 1.72 bits per heavy atom. The van der Waals surface area contributed by atoms with Crippen molar-refractivity contribution in [3.63, 3.8) is 0 Å². The second-order valence-corrected chi connectivity index (χ2v) is 7.31. The molecule has 0 saturated heterocycles. The average molecular weight is 434 g/mol. The van der Waals surface area contributed by atoms with Crippen molar-refractivity contribution < 1.29 is 13.9 Å². The van der Waals surface area contributed by atoms with Crippen molar-refractivity contribution in [2.45, 2.75) is 19.6 Å². The summed E-state index contributed by atoms with van der Waals surface area (Å²) < 4.78 is 25.1. The first kappa shape index (κ1) is 21.4. The van der Waals surface area contributed by atoms with Crippen molar-refractivity contribution in [3.8, 4) is 11.5 Å². The summed E-state index contributed by atoms with van der Waals surface area (Å²) in [6, 6.07) is 18.3. The Labute approximate surface area is 180 Å². The van der Waals surface area contributed by atoms with Gasteiger partial charge < -0.3 is 14.8 Å². The summed E-state index contributed by atoms with van der Waals surface area (Å²) in [6.45, 7) is 1.40. The zero-order chi connectivity index (χ0) is 20.6. The van der Waals surface area contributed by atoms with E-state index >= 15 is 0 Å². The molecule has 0 aliphatic carbocycles. The highest BCUT2D eigenvalue weighted by Crippen LogP contribution is 2.34. The number of hydrogen-bond donors (Lipinski definition) is 1. The van der Waals surface area contributed by atoms with Crippen LogP contribution in [0.5, 0.6) is 11.5 Å². The number of hydrogen-bond acceptors (Lipinski definition) is 3. The van der Waals surface area contributed by atoms with Crippen molar-refractivity contribution in [2.75, 3.05) is 13.7 Å². The van der Waals surface area contributed by atoms with E-state index in [1.807, 2.05) is 24.3 Å². The van der Waals surface area contributed by atoms with E-state index in [1.165, 1.54) is 11.6 Å². The summed E-state index contributed by atoms with van der Waals surface area (Å²) in [6.07, 6.45) is 0.931. The minimum atomic E-state index is -0.415. The van der Waals surface area contributed by atoms with Gasteiger partial charge in [0.1, 0.15) is 12.4 Å². The van der Waals surface area contributed by atoms with Crippen LogP contribution in [0.15, 0.2) is 60.7 Å². The third kappa shape index (κ3) is 5.86. The number of ether oxygens (including phenoxy) is 2. The van der Waals surface area contributed by atoms with Gasteiger partial charge in [-0.25, -0.2) is 4.39 Å². The number of benzene rings is 3. The fourth-order valence-corrected chi connectivity index (χ4v) is 3.34. The molecule has 3 nitrogen and oxygen atoms in total. The summed E-state index contributed by atoms with van der Waals surface area (Å²) in [5.74, 6) is 0.549. The third-order valence-corrected chi connectivity index (χ3v) is 5.22. The second kappa shape index (κ2) is 10.5. The number of nitrogens with one attached hydrogen (secondary N) is 1. The molecule has 1 N–H and O–H groups in total. The van der Waals surface area contributed by atoms with Gasteiger partial charge in [0.15, 0.2) is 11.5 Å². The maximum atomic E-state index is 13.9. The van der Waals surface area contributed by atoms with Gasteiger partial charge in [-0.05, 0) is 42.3 Å². The summed E-state index contributed by atoms with van der Waals surface area (Å²) in [5.41, 5.74) is 2.46. The minimum absolute atomic E-state index is 0.0210. The molecule has 0 atom stereocenters. The van der Waals surface area contributed by atoms with Crippen molar-refractivity contribution in [1.82, 2.24) is 5.32 Å². The van der Waals surface area contributed by atoms with E-state index in [9.17, 15) is 4.39 Å². The van der Waals surface area contributed by atoms with E-state index in [1.54, 1.807) is 25.3 Å². The average Bonchev–Trinajstić information content (AvgIpc) is 2.72. The van der Waals surface area contributed by atoms with Crippen LogP contribution in [0.2, 0.25) is 10.0 Å². The highest BCUT2D eigenvalue weighted by molar-refractivity contribution is 6.31. The van der Waals surface area contributed by atoms with E-state index in [4.69, 9.17) is 32.7 Å². The SMILES string of the molecule is COc1cc(CNCCc2ccccc2)c(Cl)cc1OCc1c(F)cccc1Cl. The van der Waals surface area contributed by atoms with E-state index in [0.717, 1.165) is 18.5 Å². The predicted molar refractivity (Wildman–Crippen MR) is 116 cm³/mol. The largest absolute Gasteiger partial charge is 0.493 e. The molecule has 29 heavy (non-hydrogen) atoms. The molecule has 0 amide bonds. The van der Waals surface area contributed by atoms with Crippen LogP contribution in [0, 0.1) is 5.82 Å². The monoisotopic (exact) mass is 433 g/mol. The second-order valence-electron chi connectivity index (χ2n) is 6.50. The van der Waals surface area contributed by atoms with E-state index in [-0.39, 0.29) is 6.61 Å². The van der Waals surface area contributed by atoms with Crippen LogP contribution in [0.1, 0.15) is 16.7 Å². The quantitative estimate of drug-likeness (QED) is 0.416. The first-order chi connectivity index (χ1) is 14.1. The van der Waals surface area contributed by atoms with Gasteiger partial charge in [-0.3, -0.25) is 0 Å². The topological polar surface area (TPSA) is 30.5 Å². The maximum Gasteiger partial charge on any atom is 0.163 e. The summed E-state index contributed by atoms with van der Waals surface area (Å²) >= 11 is 12.5. The lowest BCUT2D eigenvalue weighted by atomic mass is 10.1. The molecule has 0 spiro atoms. The lowest BCUT2D eigenvalue weighted by molar-refractivity contribution is 0.279. The van der Waals surface area contributed by atoms with Crippen molar-refractivity contribution >= 4 is 23.2 Å². The van der Waals surface area contributed by atoms with Crippen LogP contribution in [0.4, 0.5) is 4.39 Å². The van der Waals surface area contributed by atoms with E-state index in [2.05, 4.69) is 17.4 Å². The summed E-state index contributed by atoms with van der Waals surface area (Å²) in [7, 11) is 1.55. The van der Waals surface area contributed by atoms with Gasteiger partial charge in [0, 0.05) is 23.2 Å². The predicted octanol–water partition coefficient (Wildman–Crippen LogP) is 6.05. The standard InChI is InChI=1S/C23H22Cl2FNO2/c1-28-22-12-17(14-27-11-10-16-6-3-2-4-7-16)20(25)13-23(22)29-15-18-19(24)8-5-9-21(18)26/h2-9,12-13,27H,10-11,14-15H2,1H3. The van der Waals surface area contributed by atoms with Gasteiger partial charge in [0.2, 0.25) is 0 Å². The fourth-order valence-electron chi connectivity index (χ4n) is 2.91.